The van der Waals surface area contributed by atoms with Crippen molar-refractivity contribution in [1.29, 1.82) is 0 Å². The molecule has 2 aromatic rings. The molecule has 4 nitrogen and oxygen atoms in total. The number of hydrogen-bond donors (Lipinski definition) is 0. The van der Waals surface area contributed by atoms with Gasteiger partial charge in [-0.3, -0.25) is 0 Å². The molecule has 0 radical (unpaired) electrons. The summed E-state index contributed by atoms with van der Waals surface area (Å²) in [6, 6.07) is 9.68. The van der Waals surface area contributed by atoms with Crippen LogP contribution in [0.2, 0.25) is 13.1 Å². The van der Waals surface area contributed by atoms with Crippen LogP contribution in [0.5, 0.6) is 5.75 Å². The van der Waals surface area contributed by atoms with Gasteiger partial charge in [0.2, 0.25) is 9.04 Å². The Hall–Kier alpha value is -2.01. The zero-order chi connectivity index (χ0) is 13.7. The summed E-state index contributed by atoms with van der Waals surface area (Å²) in [6.45, 7) is 6.21. The minimum atomic E-state index is -1.14. The van der Waals surface area contributed by atoms with Crippen LogP contribution in [0.3, 0.4) is 0 Å². The van der Waals surface area contributed by atoms with Crippen molar-refractivity contribution in [1.82, 2.24) is 9.97 Å². The summed E-state index contributed by atoms with van der Waals surface area (Å²) in [7, 11) is -1.14. The van der Waals surface area contributed by atoms with E-state index in [2.05, 4.69) is 28.1 Å². The van der Waals surface area contributed by atoms with Crippen LogP contribution in [0, 0.1) is 0 Å². The third-order valence-corrected chi connectivity index (χ3v) is 3.19. The molecule has 0 aliphatic carbocycles. The molecule has 19 heavy (non-hydrogen) atoms. The van der Waals surface area contributed by atoms with Gasteiger partial charge in [0.15, 0.2) is 0 Å². The summed E-state index contributed by atoms with van der Waals surface area (Å²) in [5.74, 6) is 0.845. The molecule has 0 N–H and O–H groups in total. The second-order valence-corrected chi connectivity index (χ2v) is 6.76. The van der Waals surface area contributed by atoms with E-state index in [4.69, 9.17) is 4.43 Å². The number of para-hydroxylation sites is 2. The van der Waals surface area contributed by atoms with E-state index in [0.29, 0.717) is 0 Å². The Morgan fingerprint density at radius 2 is 2.00 bits per heavy atom. The topological polar surface area (TPSA) is 47.4 Å². The first kappa shape index (κ1) is 13.4. The highest BCUT2D eigenvalue weighted by Crippen LogP contribution is 2.28. The van der Waals surface area contributed by atoms with Crippen LogP contribution >= 0.6 is 0 Å². The van der Waals surface area contributed by atoms with Gasteiger partial charge in [0.1, 0.15) is 17.8 Å². The molecule has 0 aliphatic heterocycles. The fraction of sp³-hybridized carbons (Fsp3) is 0.214. The molecule has 0 unspecified atom stereocenters. The van der Waals surface area contributed by atoms with E-state index < -0.39 is 9.04 Å². The van der Waals surface area contributed by atoms with Crippen LogP contribution in [-0.4, -0.2) is 24.7 Å². The molecule has 0 spiro atoms. The first-order chi connectivity index (χ1) is 9.16. The van der Waals surface area contributed by atoms with Crippen LogP contribution < -0.4 is 4.43 Å². The van der Waals surface area contributed by atoms with E-state index in [1.54, 1.807) is 6.20 Å². The van der Waals surface area contributed by atoms with Crippen molar-refractivity contribution in [2.75, 3.05) is 0 Å². The molecule has 1 aromatic heterocycles. The molecule has 98 valence electrons. The number of benzene rings is 1. The molecule has 0 fully saturated rings. The highest BCUT2D eigenvalue weighted by molar-refractivity contribution is 6.49. The summed E-state index contributed by atoms with van der Waals surface area (Å²) in [4.78, 5) is 12.7. The highest BCUT2D eigenvalue weighted by atomic mass is 28.3. The van der Waals surface area contributed by atoms with E-state index in [-0.39, 0.29) is 0 Å². The van der Waals surface area contributed by atoms with Crippen molar-refractivity contribution in [2.24, 2.45) is 4.99 Å². The molecule has 0 saturated heterocycles. The first-order valence-corrected chi connectivity index (χ1v) is 9.02. The van der Waals surface area contributed by atoms with Gasteiger partial charge in [-0.25, -0.2) is 15.0 Å². The normalized spacial score (nSPS) is 11.7. The maximum absolute atomic E-state index is 5.88. The summed E-state index contributed by atoms with van der Waals surface area (Å²) in [5, 5.41) is 0. The smallest absolute Gasteiger partial charge is 0.229 e. The third-order valence-electron chi connectivity index (χ3n) is 2.47. The molecule has 1 heterocycles. The Balaban J connectivity index is 2.32. The maximum atomic E-state index is 5.88. The number of aromatic nitrogens is 2. The van der Waals surface area contributed by atoms with E-state index in [1.165, 1.54) is 6.33 Å². The minimum absolute atomic E-state index is 0.826. The molecule has 0 bridgehead atoms. The lowest BCUT2D eigenvalue weighted by Gasteiger charge is -2.11. The lowest BCUT2D eigenvalue weighted by molar-refractivity contribution is 0.582. The van der Waals surface area contributed by atoms with Gasteiger partial charge in [0.25, 0.3) is 0 Å². The van der Waals surface area contributed by atoms with Crippen LogP contribution in [-0.2, 0) is 0 Å². The van der Waals surface area contributed by atoms with Crippen molar-refractivity contribution < 1.29 is 4.43 Å². The van der Waals surface area contributed by atoms with Gasteiger partial charge in [0.05, 0.1) is 11.4 Å². The van der Waals surface area contributed by atoms with Gasteiger partial charge < -0.3 is 4.43 Å². The van der Waals surface area contributed by atoms with Gasteiger partial charge in [0, 0.05) is 6.20 Å². The Morgan fingerprint density at radius 1 is 1.21 bits per heavy atom. The summed E-state index contributed by atoms with van der Waals surface area (Å²) in [5.41, 5.74) is 2.52. The Labute approximate surface area is 114 Å². The monoisotopic (exact) mass is 271 g/mol. The van der Waals surface area contributed by atoms with Crippen LogP contribution in [0.25, 0.3) is 0 Å². The van der Waals surface area contributed by atoms with E-state index in [0.717, 1.165) is 22.8 Å². The van der Waals surface area contributed by atoms with Gasteiger partial charge in [-0.15, -0.1) is 0 Å². The average Bonchev–Trinajstić information content (AvgIpc) is 2.41. The summed E-state index contributed by atoms with van der Waals surface area (Å²) in [6.07, 6.45) is 3.24. The van der Waals surface area contributed by atoms with Crippen molar-refractivity contribution in [3.63, 3.8) is 0 Å². The van der Waals surface area contributed by atoms with Crippen molar-refractivity contribution in [3.05, 3.63) is 48.5 Å². The molecular formula is C14H17N3OSi. The van der Waals surface area contributed by atoms with E-state index >= 15 is 0 Å². The Kier molecular flexibility index (Phi) is 4.41. The third kappa shape index (κ3) is 3.72. The number of aliphatic imine (C=N–C) groups is 1. The molecule has 0 amide bonds. The maximum Gasteiger partial charge on any atom is 0.229 e. The first-order valence-electron chi connectivity index (χ1n) is 6.24. The number of nitrogens with zero attached hydrogens (tertiary/aromatic N) is 3. The summed E-state index contributed by atoms with van der Waals surface area (Å²) < 4.78 is 5.88. The van der Waals surface area contributed by atoms with Crippen LogP contribution in [0.1, 0.15) is 12.6 Å². The largest absolute Gasteiger partial charge is 0.546 e. The Morgan fingerprint density at radius 3 is 2.68 bits per heavy atom. The van der Waals surface area contributed by atoms with Gasteiger partial charge in [-0.1, -0.05) is 12.1 Å². The van der Waals surface area contributed by atoms with Gasteiger partial charge >= 0.3 is 0 Å². The second kappa shape index (κ2) is 6.24. The predicted molar refractivity (Wildman–Crippen MR) is 79.9 cm³/mol. The van der Waals surface area contributed by atoms with Crippen LogP contribution in [0.4, 0.5) is 5.69 Å². The molecule has 0 atom stereocenters. The number of hydrogen-bond acceptors (Lipinski definition) is 4. The minimum Gasteiger partial charge on any atom is -0.546 e. The lowest BCUT2D eigenvalue weighted by Crippen LogP contribution is -2.11. The molecule has 1 aromatic carbocycles. The fourth-order valence-electron chi connectivity index (χ4n) is 1.65. The molecule has 2 rings (SSSR count). The Bertz CT molecular complexity index is 570. The van der Waals surface area contributed by atoms with Gasteiger partial charge in [-0.05, 0) is 38.2 Å². The molecular weight excluding hydrogens is 254 g/mol. The van der Waals surface area contributed by atoms with Gasteiger partial charge in [-0.2, -0.15) is 0 Å². The number of rotatable bonds is 4. The zero-order valence-electron chi connectivity index (χ0n) is 11.4. The standard InChI is InChI=1S/C14H17N3OSi/c1-11(12-8-9-15-10-16-12)17-13-6-4-5-7-14(13)18-19(2)3/h4-10,19H,1-3H3. The second-order valence-electron chi connectivity index (χ2n) is 4.43. The predicted octanol–water partition coefficient (Wildman–Crippen LogP) is 2.98. The van der Waals surface area contributed by atoms with Crippen molar-refractivity contribution in [2.45, 2.75) is 20.0 Å². The quantitative estimate of drug-likeness (QED) is 0.634. The van der Waals surface area contributed by atoms with Crippen LogP contribution in [0.15, 0.2) is 47.8 Å². The average molecular weight is 271 g/mol. The lowest BCUT2D eigenvalue weighted by atomic mass is 10.2. The fourth-order valence-corrected chi connectivity index (χ4v) is 2.35. The van der Waals surface area contributed by atoms with Crippen molar-refractivity contribution >= 4 is 20.4 Å². The van der Waals surface area contributed by atoms with E-state index in [1.807, 2.05) is 37.3 Å². The molecule has 5 heteroatoms. The SMILES string of the molecule is CC(=Nc1ccccc1O[SiH](C)C)c1ccncn1. The summed E-state index contributed by atoms with van der Waals surface area (Å²) >= 11 is 0. The molecule has 0 saturated carbocycles. The highest BCUT2D eigenvalue weighted by Gasteiger charge is 2.06. The van der Waals surface area contributed by atoms with E-state index in [9.17, 15) is 0 Å². The molecule has 0 aliphatic rings. The van der Waals surface area contributed by atoms with Crippen molar-refractivity contribution in [3.8, 4) is 5.75 Å². The zero-order valence-corrected chi connectivity index (χ0v) is 12.5.